The van der Waals surface area contributed by atoms with Gasteiger partial charge in [0.25, 0.3) is 0 Å². The van der Waals surface area contributed by atoms with Crippen LogP contribution >= 0.6 is 12.4 Å². The summed E-state index contributed by atoms with van der Waals surface area (Å²) in [4.78, 5) is 0. The van der Waals surface area contributed by atoms with E-state index >= 15 is 0 Å². The van der Waals surface area contributed by atoms with Crippen LogP contribution < -0.4 is 5.32 Å². The summed E-state index contributed by atoms with van der Waals surface area (Å²) in [6.07, 6.45) is 3.76. The summed E-state index contributed by atoms with van der Waals surface area (Å²) in [5, 5.41) is 2.12. The predicted octanol–water partition coefficient (Wildman–Crippen LogP) is 0.344. The standard InChI is InChI=1S/C6H11N.ClH/c1-3-5-7-6-4-2;/h3-4,7H,1-2,5-6H2;1H/p+1. The molecule has 0 heterocycles. The summed E-state index contributed by atoms with van der Waals surface area (Å²) in [7, 11) is 0. The average molecular weight is 135 g/mol. The second-order valence-corrected chi connectivity index (χ2v) is 1.34. The number of hydrogen-bond acceptors (Lipinski definition) is 0. The lowest BCUT2D eigenvalue weighted by Crippen LogP contribution is -2.83. The molecular weight excluding hydrogens is 122 g/mol. The molecule has 0 aliphatic heterocycles. The highest BCUT2D eigenvalue weighted by Gasteiger charge is 1.73. The molecule has 2 heteroatoms. The van der Waals surface area contributed by atoms with Crippen molar-refractivity contribution < 1.29 is 5.32 Å². The van der Waals surface area contributed by atoms with Crippen LogP contribution in [0.1, 0.15) is 0 Å². The molecule has 0 atom stereocenters. The van der Waals surface area contributed by atoms with Gasteiger partial charge in [0.05, 0.1) is 13.1 Å². The Morgan fingerprint density at radius 1 is 1.12 bits per heavy atom. The largest absolute Gasteiger partial charge is 0.340 e. The van der Waals surface area contributed by atoms with E-state index in [0.29, 0.717) is 0 Å². The molecule has 0 aliphatic carbocycles. The maximum absolute atomic E-state index is 3.57. The van der Waals surface area contributed by atoms with E-state index in [1.165, 1.54) is 0 Å². The molecule has 0 amide bonds. The minimum absolute atomic E-state index is 0. The van der Waals surface area contributed by atoms with E-state index in [2.05, 4.69) is 18.5 Å². The molecule has 2 N–H and O–H groups in total. The number of quaternary nitrogens is 1. The first-order valence-corrected chi connectivity index (χ1v) is 2.45. The van der Waals surface area contributed by atoms with Crippen molar-refractivity contribution >= 4 is 12.4 Å². The van der Waals surface area contributed by atoms with Crippen molar-refractivity contribution in [1.29, 1.82) is 0 Å². The predicted molar refractivity (Wildman–Crippen MR) is 39.3 cm³/mol. The number of rotatable bonds is 4. The smallest absolute Gasteiger partial charge is 0.0942 e. The van der Waals surface area contributed by atoms with Crippen molar-refractivity contribution in [3.63, 3.8) is 0 Å². The average Bonchev–Trinajstić information content (AvgIpc) is 1.69. The van der Waals surface area contributed by atoms with Crippen molar-refractivity contribution in [2.75, 3.05) is 13.1 Å². The van der Waals surface area contributed by atoms with Crippen LogP contribution in [0.4, 0.5) is 0 Å². The third kappa shape index (κ3) is 9.21. The van der Waals surface area contributed by atoms with Gasteiger partial charge in [0.1, 0.15) is 0 Å². The van der Waals surface area contributed by atoms with Crippen LogP contribution in [0.15, 0.2) is 25.3 Å². The Hall–Kier alpha value is -0.270. The fourth-order valence-electron chi connectivity index (χ4n) is 0.332. The Kier molecular flexibility index (Phi) is 13.2. The lowest BCUT2D eigenvalue weighted by atomic mass is 10.5. The Balaban J connectivity index is 0. The normalized spacial score (nSPS) is 7.00. The molecule has 0 saturated carbocycles. The van der Waals surface area contributed by atoms with Crippen LogP contribution in [-0.4, -0.2) is 13.1 Å². The van der Waals surface area contributed by atoms with Gasteiger partial charge >= 0.3 is 0 Å². The van der Waals surface area contributed by atoms with Crippen LogP contribution in [0.5, 0.6) is 0 Å². The fourth-order valence-corrected chi connectivity index (χ4v) is 0.332. The van der Waals surface area contributed by atoms with Crippen LogP contribution in [0, 0.1) is 0 Å². The summed E-state index contributed by atoms with van der Waals surface area (Å²) in [5.74, 6) is 0. The third-order valence-electron chi connectivity index (χ3n) is 0.667. The van der Waals surface area contributed by atoms with E-state index < -0.39 is 0 Å². The minimum Gasteiger partial charge on any atom is -0.340 e. The van der Waals surface area contributed by atoms with Gasteiger partial charge in [0.2, 0.25) is 0 Å². The van der Waals surface area contributed by atoms with Crippen molar-refractivity contribution in [3.05, 3.63) is 25.3 Å². The minimum atomic E-state index is 0. The second kappa shape index (κ2) is 9.88. The summed E-state index contributed by atoms with van der Waals surface area (Å²) in [6.45, 7) is 9.12. The molecule has 0 aromatic rings. The van der Waals surface area contributed by atoms with Crippen molar-refractivity contribution in [3.8, 4) is 0 Å². The van der Waals surface area contributed by atoms with E-state index in [1.807, 2.05) is 12.2 Å². The molecule has 0 saturated heterocycles. The molecule has 1 nitrogen and oxygen atoms in total. The van der Waals surface area contributed by atoms with Crippen molar-refractivity contribution in [2.24, 2.45) is 0 Å². The quantitative estimate of drug-likeness (QED) is 0.422. The number of hydrogen-bond donors (Lipinski definition) is 1. The highest BCUT2D eigenvalue weighted by atomic mass is 35.5. The van der Waals surface area contributed by atoms with Gasteiger partial charge in [-0.3, -0.25) is 0 Å². The Labute approximate surface area is 56.9 Å². The van der Waals surface area contributed by atoms with E-state index in [-0.39, 0.29) is 12.4 Å². The van der Waals surface area contributed by atoms with Gasteiger partial charge in [-0.15, -0.1) is 12.4 Å². The molecule has 0 aromatic carbocycles. The lowest BCUT2D eigenvalue weighted by molar-refractivity contribution is -0.636. The monoisotopic (exact) mass is 134 g/mol. The zero-order valence-electron chi connectivity index (χ0n) is 4.97. The first kappa shape index (κ1) is 10.7. The van der Waals surface area contributed by atoms with E-state index in [9.17, 15) is 0 Å². The molecule has 48 valence electrons. The maximum atomic E-state index is 3.57. The van der Waals surface area contributed by atoms with Gasteiger partial charge in [-0.2, -0.15) is 0 Å². The van der Waals surface area contributed by atoms with Crippen LogP contribution in [0.25, 0.3) is 0 Å². The maximum Gasteiger partial charge on any atom is 0.0942 e. The molecule has 0 fully saturated rings. The highest BCUT2D eigenvalue weighted by Crippen LogP contribution is 1.47. The highest BCUT2D eigenvalue weighted by molar-refractivity contribution is 5.85. The molecule has 8 heavy (non-hydrogen) atoms. The van der Waals surface area contributed by atoms with Crippen LogP contribution in [0.3, 0.4) is 0 Å². The van der Waals surface area contributed by atoms with E-state index in [4.69, 9.17) is 0 Å². The zero-order valence-corrected chi connectivity index (χ0v) is 5.79. The van der Waals surface area contributed by atoms with Gasteiger partial charge in [-0.05, 0) is 12.2 Å². The second-order valence-electron chi connectivity index (χ2n) is 1.34. The topological polar surface area (TPSA) is 16.6 Å². The zero-order chi connectivity index (χ0) is 5.54. The molecule has 0 unspecified atom stereocenters. The molecule has 0 radical (unpaired) electrons. The molecule has 0 aliphatic rings. The van der Waals surface area contributed by atoms with Gasteiger partial charge in [0, 0.05) is 0 Å². The first-order valence-electron chi connectivity index (χ1n) is 2.45. The van der Waals surface area contributed by atoms with Gasteiger partial charge in [-0.25, -0.2) is 0 Å². The fraction of sp³-hybridized carbons (Fsp3) is 0.333. The van der Waals surface area contributed by atoms with Gasteiger partial charge in [0.15, 0.2) is 0 Å². The van der Waals surface area contributed by atoms with Crippen molar-refractivity contribution in [2.45, 2.75) is 0 Å². The Bertz CT molecular complexity index is 53.5. The summed E-state index contributed by atoms with van der Waals surface area (Å²) >= 11 is 0. The summed E-state index contributed by atoms with van der Waals surface area (Å²) in [6, 6.07) is 0. The number of nitrogens with two attached hydrogens (primary N) is 1. The van der Waals surface area contributed by atoms with Crippen molar-refractivity contribution in [1.82, 2.24) is 0 Å². The Morgan fingerprint density at radius 3 is 1.75 bits per heavy atom. The lowest BCUT2D eigenvalue weighted by Gasteiger charge is -1.86. The Morgan fingerprint density at radius 2 is 1.50 bits per heavy atom. The number of halogens is 1. The van der Waals surface area contributed by atoms with E-state index in [1.54, 1.807) is 0 Å². The molecule has 0 spiro atoms. The SMILES string of the molecule is C=CC[NH2+]CC=C.Cl. The molecule has 0 rings (SSSR count). The van der Waals surface area contributed by atoms with Crippen LogP contribution in [0.2, 0.25) is 0 Å². The summed E-state index contributed by atoms with van der Waals surface area (Å²) in [5.41, 5.74) is 0. The molecule has 0 aromatic heterocycles. The van der Waals surface area contributed by atoms with Gasteiger partial charge in [-0.1, -0.05) is 13.2 Å². The molecular formula is C6H13ClN+. The summed E-state index contributed by atoms with van der Waals surface area (Å²) < 4.78 is 0. The third-order valence-corrected chi connectivity index (χ3v) is 0.667. The first-order chi connectivity index (χ1) is 3.41. The van der Waals surface area contributed by atoms with Gasteiger partial charge < -0.3 is 5.32 Å². The molecule has 0 bridgehead atoms. The van der Waals surface area contributed by atoms with E-state index in [0.717, 1.165) is 13.1 Å². The van der Waals surface area contributed by atoms with Crippen LogP contribution in [-0.2, 0) is 0 Å².